The predicted octanol–water partition coefficient (Wildman–Crippen LogP) is 8.87. The van der Waals surface area contributed by atoms with E-state index in [1.807, 2.05) is 36.5 Å². The number of nitrogens with two attached hydrogens (primary N) is 1. The number of benzene rings is 4. The second kappa shape index (κ2) is 8.82. The van der Waals surface area contributed by atoms with Gasteiger partial charge in [-0.05, 0) is 64.6 Å². The number of hydrogen-bond acceptors (Lipinski definition) is 4. The number of nitrogen functional groups attached to an aromatic ring is 1. The first-order valence-corrected chi connectivity index (χ1v) is 12.5. The van der Waals surface area contributed by atoms with Crippen LogP contribution in [0, 0.1) is 0 Å². The number of anilines is 4. The molecule has 0 unspecified atom stereocenters. The SMILES string of the molecule is CC(C)(C)c1ccnc(N2c3ccccc3-c3ccccc3-c3ccc(Oc4cccc(N)c4)cc32)c1. The third kappa shape index (κ3) is 4.21. The highest BCUT2D eigenvalue weighted by molar-refractivity contribution is 6.02. The number of aromatic nitrogens is 1. The van der Waals surface area contributed by atoms with Gasteiger partial charge in [0.15, 0.2) is 0 Å². The minimum atomic E-state index is -0.00689. The molecule has 0 atom stereocenters. The molecule has 0 aliphatic carbocycles. The third-order valence-electron chi connectivity index (χ3n) is 6.80. The highest BCUT2D eigenvalue weighted by atomic mass is 16.5. The minimum Gasteiger partial charge on any atom is -0.457 e. The lowest BCUT2D eigenvalue weighted by atomic mass is 9.87. The van der Waals surface area contributed by atoms with Crippen LogP contribution in [-0.4, -0.2) is 4.98 Å². The quantitative estimate of drug-likeness (QED) is 0.255. The molecule has 2 N–H and O–H groups in total. The lowest BCUT2D eigenvalue weighted by Crippen LogP contribution is -2.16. The van der Waals surface area contributed by atoms with Crippen molar-refractivity contribution in [2.24, 2.45) is 0 Å². The molecular weight excluding hydrogens is 454 g/mol. The minimum absolute atomic E-state index is 0.00689. The van der Waals surface area contributed by atoms with Crippen molar-refractivity contribution in [3.63, 3.8) is 0 Å². The second-order valence-corrected chi connectivity index (χ2v) is 10.4. The van der Waals surface area contributed by atoms with Gasteiger partial charge in [0, 0.05) is 35.1 Å². The van der Waals surface area contributed by atoms with E-state index >= 15 is 0 Å². The fourth-order valence-corrected chi connectivity index (χ4v) is 4.93. The van der Waals surface area contributed by atoms with Crippen molar-refractivity contribution in [3.05, 3.63) is 115 Å². The Labute approximate surface area is 218 Å². The van der Waals surface area contributed by atoms with Gasteiger partial charge in [0.05, 0.1) is 11.4 Å². The first-order chi connectivity index (χ1) is 17.9. The summed E-state index contributed by atoms with van der Waals surface area (Å²) < 4.78 is 6.28. The van der Waals surface area contributed by atoms with Crippen molar-refractivity contribution in [3.8, 4) is 33.8 Å². The van der Waals surface area contributed by atoms with Crippen LogP contribution in [0.2, 0.25) is 0 Å². The molecule has 182 valence electrons. The van der Waals surface area contributed by atoms with Crippen LogP contribution in [-0.2, 0) is 5.41 Å². The molecule has 1 aliphatic rings. The first kappa shape index (κ1) is 22.9. The van der Waals surface area contributed by atoms with Gasteiger partial charge in [-0.1, -0.05) is 69.3 Å². The van der Waals surface area contributed by atoms with Crippen LogP contribution >= 0.6 is 0 Å². The van der Waals surface area contributed by atoms with Crippen molar-refractivity contribution >= 4 is 22.9 Å². The molecule has 0 bridgehead atoms. The van der Waals surface area contributed by atoms with Crippen LogP contribution in [0.1, 0.15) is 26.3 Å². The lowest BCUT2D eigenvalue weighted by molar-refractivity contribution is 0.483. The third-order valence-corrected chi connectivity index (χ3v) is 6.80. The standard InChI is InChI=1S/C33H29N3O/c1-33(2,3)22-17-18-35-32(19-22)36-30-14-7-6-13-28(30)26-11-4-5-12-27(26)29-16-15-25(21-31(29)36)37-24-10-8-9-23(34)20-24/h4-21H,34H2,1-3H3. The van der Waals surface area contributed by atoms with Crippen LogP contribution in [0.4, 0.5) is 22.9 Å². The van der Waals surface area contributed by atoms with Crippen molar-refractivity contribution in [2.45, 2.75) is 26.2 Å². The lowest BCUT2D eigenvalue weighted by Gasteiger charge is -2.28. The van der Waals surface area contributed by atoms with E-state index in [9.17, 15) is 0 Å². The molecule has 4 aromatic carbocycles. The van der Waals surface area contributed by atoms with E-state index in [1.165, 1.54) is 16.7 Å². The summed E-state index contributed by atoms with van der Waals surface area (Å²) >= 11 is 0. The summed E-state index contributed by atoms with van der Waals surface area (Å²) in [7, 11) is 0. The van der Waals surface area contributed by atoms with E-state index in [2.05, 4.69) is 98.5 Å². The smallest absolute Gasteiger partial charge is 0.137 e. The molecule has 0 saturated heterocycles. The Bertz CT molecular complexity index is 1620. The average Bonchev–Trinajstić information content (AvgIpc) is 3.01. The number of hydrogen-bond donors (Lipinski definition) is 1. The van der Waals surface area contributed by atoms with Crippen LogP contribution in [0.3, 0.4) is 0 Å². The highest BCUT2D eigenvalue weighted by Gasteiger charge is 2.28. The summed E-state index contributed by atoms with van der Waals surface area (Å²) in [5.41, 5.74) is 14.6. The zero-order chi connectivity index (χ0) is 25.6. The molecule has 37 heavy (non-hydrogen) atoms. The molecule has 0 saturated carbocycles. The van der Waals surface area contributed by atoms with E-state index in [0.29, 0.717) is 11.4 Å². The number of pyridine rings is 1. The summed E-state index contributed by atoms with van der Waals surface area (Å²) in [5.74, 6) is 2.31. The van der Waals surface area contributed by atoms with E-state index in [1.54, 1.807) is 0 Å². The zero-order valence-corrected chi connectivity index (χ0v) is 21.3. The fraction of sp³-hybridized carbons (Fsp3) is 0.121. The Morgan fingerprint density at radius 1 is 0.649 bits per heavy atom. The van der Waals surface area contributed by atoms with E-state index < -0.39 is 0 Å². The number of fused-ring (bicyclic) bond motifs is 5. The first-order valence-electron chi connectivity index (χ1n) is 12.5. The van der Waals surface area contributed by atoms with Crippen LogP contribution in [0.5, 0.6) is 11.5 Å². The zero-order valence-electron chi connectivity index (χ0n) is 21.3. The maximum atomic E-state index is 6.28. The Balaban J connectivity index is 1.61. The van der Waals surface area contributed by atoms with Gasteiger partial charge in [-0.3, -0.25) is 4.90 Å². The van der Waals surface area contributed by atoms with Crippen molar-refractivity contribution in [1.29, 1.82) is 0 Å². The van der Waals surface area contributed by atoms with Gasteiger partial charge < -0.3 is 10.5 Å². The Morgan fingerprint density at radius 3 is 2.05 bits per heavy atom. The van der Waals surface area contributed by atoms with Crippen molar-refractivity contribution in [1.82, 2.24) is 4.98 Å². The Kier molecular flexibility index (Phi) is 5.45. The van der Waals surface area contributed by atoms with Gasteiger partial charge in [-0.2, -0.15) is 0 Å². The van der Waals surface area contributed by atoms with E-state index in [-0.39, 0.29) is 5.41 Å². The molecule has 0 amide bonds. The summed E-state index contributed by atoms with van der Waals surface area (Å²) in [5, 5.41) is 0. The van der Waals surface area contributed by atoms with Gasteiger partial charge in [-0.25, -0.2) is 4.98 Å². The van der Waals surface area contributed by atoms with Crippen molar-refractivity contribution < 1.29 is 4.74 Å². The fourth-order valence-electron chi connectivity index (χ4n) is 4.93. The van der Waals surface area contributed by atoms with Gasteiger partial charge in [-0.15, -0.1) is 0 Å². The summed E-state index contributed by atoms with van der Waals surface area (Å²) in [6.07, 6.45) is 1.91. The summed E-state index contributed by atoms with van der Waals surface area (Å²) in [6, 6.07) is 35.2. The Hall–Kier alpha value is -4.57. The van der Waals surface area contributed by atoms with Crippen LogP contribution in [0.15, 0.2) is 109 Å². The topological polar surface area (TPSA) is 51.4 Å². The monoisotopic (exact) mass is 483 g/mol. The maximum Gasteiger partial charge on any atom is 0.137 e. The highest BCUT2D eigenvalue weighted by Crippen LogP contribution is 2.51. The summed E-state index contributed by atoms with van der Waals surface area (Å²) in [6.45, 7) is 6.68. The van der Waals surface area contributed by atoms with Gasteiger partial charge in [0.25, 0.3) is 0 Å². The van der Waals surface area contributed by atoms with Crippen LogP contribution in [0.25, 0.3) is 22.3 Å². The molecule has 0 radical (unpaired) electrons. The molecular formula is C33H29N3O. The Morgan fingerprint density at radius 2 is 1.32 bits per heavy atom. The number of ether oxygens (including phenoxy) is 1. The van der Waals surface area contributed by atoms with Crippen molar-refractivity contribution in [2.75, 3.05) is 10.6 Å². The largest absolute Gasteiger partial charge is 0.457 e. The summed E-state index contributed by atoms with van der Waals surface area (Å²) in [4.78, 5) is 7.13. The average molecular weight is 484 g/mol. The molecule has 0 spiro atoms. The number of para-hydroxylation sites is 1. The van der Waals surface area contributed by atoms with Gasteiger partial charge in [0.1, 0.15) is 17.3 Å². The molecule has 1 aromatic heterocycles. The number of rotatable bonds is 3. The molecule has 2 heterocycles. The molecule has 0 fully saturated rings. The van der Waals surface area contributed by atoms with E-state index in [0.717, 1.165) is 34.1 Å². The van der Waals surface area contributed by atoms with Gasteiger partial charge >= 0.3 is 0 Å². The van der Waals surface area contributed by atoms with Gasteiger partial charge in [0.2, 0.25) is 0 Å². The number of nitrogens with zero attached hydrogens (tertiary/aromatic N) is 2. The normalized spacial score (nSPS) is 12.2. The molecule has 5 aromatic rings. The molecule has 1 aliphatic heterocycles. The molecule has 4 nitrogen and oxygen atoms in total. The van der Waals surface area contributed by atoms with Crippen LogP contribution < -0.4 is 15.4 Å². The molecule has 4 heteroatoms. The predicted molar refractivity (Wildman–Crippen MR) is 153 cm³/mol. The maximum absolute atomic E-state index is 6.28. The molecule has 6 rings (SSSR count). The van der Waals surface area contributed by atoms with E-state index in [4.69, 9.17) is 15.5 Å². The second-order valence-electron chi connectivity index (χ2n) is 10.4.